The highest BCUT2D eigenvalue weighted by Crippen LogP contribution is 2.11. The predicted molar refractivity (Wildman–Crippen MR) is 73.8 cm³/mol. The lowest BCUT2D eigenvalue weighted by Crippen LogP contribution is -2.42. The first-order valence-electron chi connectivity index (χ1n) is 5.77. The topological polar surface area (TPSA) is 32.3 Å². The van der Waals surface area contributed by atoms with Gasteiger partial charge in [-0.05, 0) is 31.5 Å². The third kappa shape index (κ3) is 4.48. The third-order valence-electron chi connectivity index (χ3n) is 2.72. The van der Waals surface area contributed by atoms with E-state index in [0.29, 0.717) is 6.54 Å². The fourth-order valence-electron chi connectivity index (χ4n) is 1.49. The molecule has 0 aliphatic rings. The van der Waals surface area contributed by atoms with Crippen molar-refractivity contribution in [1.82, 2.24) is 10.2 Å². The number of halogens is 1. The molecule has 1 amide bonds. The molecule has 0 saturated carbocycles. The maximum Gasteiger partial charge on any atom is 0.239 e. The molecule has 0 spiro atoms. The van der Waals surface area contributed by atoms with Gasteiger partial charge in [-0.2, -0.15) is 0 Å². The van der Waals surface area contributed by atoms with Crippen LogP contribution in [0.3, 0.4) is 0 Å². The largest absolute Gasteiger partial charge is 0.345 e. The molecule has 94 valence electrons. The number of hydrogen-bond donors (Lipinski definition) is 1. The highest BCUT2D eigenvalue weighted by molar-refractivity contribution is 9.10. The normalized spacial score (nSPS) is 12.2. The molecule has 0 fully saturated rings. The average molecular weight is 299 g/mol. The zero-order valence-electron chi connectivity index (χ0n) is 10.5. The van der Waals surface area contributed by atoms with Gasteiger partial charge in [-0.15, -0.1) is 0 Å². The van der Waals surface area contributed by atoms with Crippen molar-refractivity contribution < 1.29 is 4.79 Å². The Bertz CT molecular complexity index is 381. The number of benzene rings is 1. The molecule has 3 nitrogen and oxygen atoms in total. The van der Waals surface area contributed by atoms with Gasteiger partial charge >= 0.3 is 0 Å². The van der Waals surface area contributed by atoms with Crippen molar-refractivity contribution in [2.24, 2.45) is 0 Å². The SMILES string of the molecule is CCN(C)C(=O)C(C)NCc1cccc(Br)c1. The van der Waals surface area contributed by atoms with Crippen LogP contribution in [-0.2, 0) is 11.3 Å². The molecular formula is C13H19BrN2O. The van der Waals surface area contributed by atoms with Crippen LogP contribution in [0.5, 0.6) is 0 Å². The number of nitrogens with zero attached hydrogens (tertiary/aromatic N) is 1. The minimum absolute atomic E-state index is 0.127. The minimum atomic E-state index is -0.154. The van der Waals surface area contributed by atoms with Crippen molar-refractivity contribution in [2.75, 3.05) is 13.6 Å². The van der Waals surface area contributed by atoms with E-state index in [-0.39, 0.29) is 11.9 Å². The molecule has 0 saturated heterocycles. The van der Waals surface area contributed by atoms with Gasteiger partial charge in [-0.3, -0.25) is 4.79 Å². The van der Waals surface area contributed by atoms with Crippen LogP contribution < -0.4 is 5.32 Å². The maximum absolute atomic E-state index is 11.8. The Morgan fingerprint density at radius 1 is 1.53 bits per heavy atom. The van der Waals surface area contributed by atoms with Gasteiger partial charge in [0, 0.05) is 24.6 Å². The lowest BCUT2D eigenvalue weighted by Gasteiger charge is -2.20. The molecule has 0 aromatic heterocycles. The van der Waals surface area contributed by atoms with Gasteiger partial charge in [0.2, 0.25) is 5.91 Å². The quantitative estimate of drug-likeness (QED) is 0.905. The summed E-state index contributed by atoms with van der Waals surface area (Å²) in [6.45, 7) is 5.30. The summed E-state index contributed by atoms with van der Waals surface area (Å²) >= 11 is 3.43. The predicted octanol–water partition coefficient (Wildman–Crippen LogP) is 2.41. The molecular weight excluding hydrogens is 280 g/mol. The van der Waals surface area contributed by atoms with Crippen LogP contribution in [0.4, 0.5) is 0 Å². The highest BCUT2D eigenvalue weighted by Gasteiger charge is 2.15. The van der Waals surface area contributed by atoms with Crippen molar-refractivity contribution in [2.45, 2.75) is 26.4 Å². The summed E-state index contributed by atoms with van der Waals surface area (Å²) in [7, 11) is 1.82. The molecule has 0 radical (unpaired) electrons. The molecule has 1 aromatic rings. The van der Waals surface area contributed by atoms with Gasteiger partial charge in [0.05, 0.1) is 6.04 Å². The van der Waals surface area contributed by atoms with E-state index < -0.39 is 0 Å². The van der Waals surface area contributed by atoms with E-state index >= 15 is 0 Å². The fraction of sp³-hybridized carbons (Fsp3) is 0.462. The average Bonchev–Trinajstić information content (AvgIpc) is 2.34. The summed E-state index contributed by atoms with van der Waals surface area (Å²) in [5, 5.41) is 3.23. The van der Waals surface area contributed by atoms with Crippen LogP contribution in [0.1, 0.15) is 19.4 Å². The maximum atomic E-state index is 11.8. The van der Waals surface area contributed by atoms with Crippen LogP contribution in [0.25, 0.3) is 0 Å². The second kappa shape index (κ2) is 6.77. The molecule has 4 heteroatoms. The number of hydrogen-bond acceptors (Lipinski definition) is 2. The zero-order chi connectivity index (χ0) is 12.8. The monoisotopic (exact) mass is 298 g/mol. The third-order valence-corrected chi connectivity index (χ3v) is 3.22. The Kier molecular flexibility index (Phi) is 5.65. The van der Waals surface area contributed by atoms with Gasteiger partial charge in [0.1, 0.15) is 0 Å². The van der Waals surface area contributed by atoms with E-state index in [4.69, 9.17) is 0 Å². The van der Waals surface area contributed by atoms with Crippen molar-refractivity contribution >= 4 is 21.8 Å². The number of carbonyl (C=O) groups excluding carboxylic acids is 1. The van der Waals surface area contributed by atoms with Crippen LogP contribution >= 0.6 is 15.9 Å². The van der Waals surface area contributed by atoms with E-state index in [1.807, 2.05) is 45.2 Å². The first-order valence-corrected chi connectivity index (χ1v) is 6.56. The van der Waals surface area contributed by atoms with Crippen LogP contribution in [0.2, 0.25) is 0 Å². The molecule has 0 bridgehead atoms. The van der Waals surface area contributed by atoms with Gasteiger partial charge in [-0.25, -0.2) is 0 Å². The van der Waals surface area contributed by atoms with Crippen LogP contribution in [0, 0.1) is 0 Å². The summed E-state index contributed by atoms with van der Waals surface area (Å²) in [5.41, 5.74) is 1.16. The molecule has 17 heavy (non-hydrogen) atoms. The zero-order valence-corrected chi connectivity index (χ0v) is 12.1. The van der Waals surface area contributed by atoms with E-state index in [2.05, 4.69) is 21.2 Å². The highest BCUT2D eigenvalue weighted by atomic mass is 79.9. The Labute approximate surface area is 111 Å². The Morgan fingerprint density at radius 2 is 2.24 bits per heavy atom. The number of likely N-dealkylation sites (N-methyl/N-ethyl adjacent to an activating group) is 1. The molecule has 1 aromatic carbocycles. The molecule has 1 unspecified atom stereocenters. The molecule has 0 aliphatic carbocycles. The van der Waals surface area contributed by atoms with Gasteiger partial charge < -0.3 is 10.2 Å². The smallest absolute Gasteiger partial charge is 0.239 e. The van der Waals surface area contributed by atoms with Crippen molar-refractivity contribution in [3.8, 4) is 0 Å². The number of nitrogens with one attached hydrogen (secondary N) is 1. The second-order valence-corrected chi connectivity index (χ2v) is 5.00. The lowest BCUT2D eigenvalue weighted by atomic mass is 10.2. The molecule has 1 N–H and O–H groups in total. The van der Waals surface area contributed by atoms with Gasteiger partial charge in [0.15, 0.2) is 0 Å². The Balaban J connectivity index is 2.48. The van der Waals surface area contributed by atoms with Crippen molar-refractivity contribution in [1.29, 1.82) is 0 Å². The number of carbonyl (C=O) groups is 1. The van der Waals surface area contributed by atoms with Crippen LogP contribution in [-0.4, -0.2) is 30.4 Å². The molecule has 1 atom stereocenters. The van der Waals surface area contributed by atoms with Gasteiger partial charge in [-0.1, -0.05) is 28.1 Å². The lowest BCUT2D eigenvalue weighted by molar-refractivity contribution is -0.131. The van der Waals surface area contributed by atoms with E-state index in [9.17, 15) is 4.79 Å². The molecule has 0 aliphatic heterocycles. The Morgan fingerprint density at radius 3 is 2.82 bits per heavy atom. The first-order chi connectivity index (χ1) is 8.04. The second-order valence-electron chi connectivity index (χ2n) is 4.08. The van der Waals surface area contributed by atoms with Crippen molar-refractivity contribution in [3.63, 3.8) is 0 Å². The Hall–Kier alpha value is -0.870. The fourth-order valence-corrected chi connectivity index (χ4v) is 1.94. The standard InChI is InChI=1S/C13H19BrN2O/c1-4-16(3)13(17)10(2)15-9-11-6-5-7-12(14)8-11/h5-8,10,15H,4,9H2,1-3H3. The minimum Gasteiger partial charge on any atom is -0.345 e. The summed E-state index contributed by atoms with van der Waals surface area (Å²) in [6, 6.07) is 7.92. The molecule has 0 heterocycles. The number of amides is 1. The van der Waals surface area contributed by atoms with Gasteiger partial charge in [0.25, 0.3) is 0 Å². The molecule has 1 rings (SSSR count). The number of rotatable bonds is 5. The first kappa shape index (κ1) is 14.2. The summed E-state index contributed by atoms with van der Waals surface area (Å²) in [4.78, 5) is 13.5. The van der Waals surface area contributed by atoms with Crippen molar-refractivity contribution in [3.05, 3.63) is 34.3 Å². The van der Waals surface area contributed by atoms with E-state index in [1.54, 1.807) is 4.90 Å². The van der Waals surface area contributed by atoms with E-state index in [0.717, 1.165) is 16.6 Å². The summed E-state index contributed by atoms with van der Waals surface area (Å²) in [5.74, 6) is 0.127. The summed E-state index contributed by atoms with van der Waals surface area (Å²) < 4.78 is 1.06. The van der Waals surface area contributed by atoms with E-state index in [1.165, 1.54) is 0 Å². The summed E-state index contributed by atoms with van der Waals surface area (Å²) in [6.07, 6.45) is 0. The van der Waals surface area contributed by atoms with Crippen LogP contribution in [0.15, 0.2) is 28.7 Å².